The van der Waals surface area contributed by atoms with Gasteiger partial charge in [-0.2, -0.15) is 0 Å². The van der Waals surface area contributed by atoms with E-state index in [1.165, 1.54) is 0 Å². The number of para-hydroxylation sites is 1. The smallest absolute Gasteiger partial charge is 0.0462 e. The molecule has 0 amide bonds. The second kappa shape index (κ2) is 11.3. The fraction of sp³-hybridized carbons (Fsp3) is 0.0588. The Labute approximate surface area is 219 Å². The lowest BCUT2D eigenvalue weighted by Crippen LogP contribution is -2.09. The number of benzene rings is 3. The molecule has 180 valence electrons. The molecule has 0 aliphatic rings. The number of hydrogen-bond donors (Lipinski definition) is 0. The first-order chi connectivity index (χ1) is 18.1. The molecule has 0 unspecified atom stereocenters. The van der Waals surface area contributed by atoms with Gasteiger partial charge in [0.25, 0.3) is 0 Å². The van der Waals surface area contributed by atoms with Crippen molar-refractivity contribution in [2.24, 2.45) is 0 Å². The second-order valence-electron chi connectivity index (χ2n) is 8.98. The molecule has 37 heavy (non-hydrogen) atoms. The average Bonchev–Trinajstić information content (AvgIpc) is 2.93. The third-order valence-electron chi connectivity index (χ3n) is 6.09. The van der Waals surface area contributed by atoms with E-state index in [-0.39, 0.29) is 0 Å². The third-order valence-corrected chi connectivity index (χ3v) is 6.09. The van der Waals surface area contributed by atoms with E-state index in [9.17, 15) is 0 Å². The van der Waals surface area contributed by atoms with Crippen LogP contribution in [0.3, 0.4) is 0 Å². The molecule has 0 atom stereocenters. The molecule has 3 aromatic carbocycles. The fourth-order valence-corrected chi connectivity index (χ4v) is 4.22. The van der Waals surface area contributed by atoms with Gasteiger partial charge in [0, 0.05) is 40.8 Å². The summed E-state index contributed by atoms with van der Waals surface area (Å²) in [6.45, 7) is 4.02. The number of anilines is 3. The van der Waals surface area contributed by atoms with Crippen LogP contribution in [0.4, 0.5) is 17.1 Å². The summed E-state index contributed by atoms with van der Waals surface area (Å²) in [4.78, 5) is 10.8. The Morgan fingerprint density at radius 3 is 1.30 bits per heavy atom. The highest BCUT2D eigenvalue weighted by molar-refractivity contribution is 5.79. The summed E-state index contributed by atoms with van der Waals surface area (Å²) < 4.78 is 0. The average molecular weight is 480 g/mol. The van der Waals surface area contributed by atoms with Crippen LogP contribution in [0.2, 0.25) is 0 Å². The van der Waals surface area contributed by atoms with Crippen molar-refractivity contribution in [1.82, 2.24) is 9.97 Å². The van der Waals surface area contributed by atoms with Crippen molar-refractivity contribution < 1.29 is 0 Å². The van der Waals surface area contributed by atoms with Crippen molar-refractivity contribution in [2.75, 3.05) is 4.90 Å². The van der Waals surface area contributed by atoms with E-state index in [0.717, 1.165) is 50.7 Å². The normalized spacial score (nSPS) is 11.3. The molecule has 5 aromatic rings. The van der Waals surface area contributed by atoms with Gasteiger partial charge in [-0.05, 0) is 96.8 Å². The van der Waals surface area contributed by atoms with E-state index in [0.29, 0.717) is 0 Å². The Kier molecular flexibility index (Phi) is 7.33. The summed E-state index contributed by atoms with van der Waals surface area (Å²) >= 11 is 0. The first kappa shape index (κ1) is 24.0. The minimum atomic E-state index is 1.02. The van der Waals surface area contributed by atoms with Gasteiger partial charge >= 0.3 is 0 Å². The van der Waals surface area contributed by atoms with E-state index in [1.54, 1.807) is 0 Å². The highest BCUT2D eigenvalue weighted by Crippen LogP contribution is 2.34. The van der Waals surface area contributed by atoms with Gasteiger partial charge in [0.15, 0.2) is 0 Å². The quantitative estimate of drug-likeness (QED) is 0.233. The second-order valence-corrected chi connectivity index (χ2v) is 8.98. The maximum atomic E-state index is 4.27. The van der Waals surface area contributed by atoms with Crippen LogP contribution in [0.1, 0.15) is 33.6 Å². The lowest BCUT2D eigenvalue weighted by molar-refractivity contribution is 1.20. The van der Waals surface area contributed by atoms with E-state index >= 15 is 0 Å². The highest BCUT2D eigenvalue weighted by Gasteiger charge is 2.11. The van der Waals surface area contributed by atoms with Gasteiger partial charge < -0.3 is 4.90 Å². The maximum Gasteiger partial charge on any atom is 0.0462 e. The Bertz CT molecular complexity index is 1420. The molecule has 0 bridgehead atoms. The summed E-state index contributed by atoms with van der Waals surface area (Å²) in [6.07, 6.45) is 12.2. The fourth-order valence-electron chi connectivity index (χ4n) is 4.22. The van der Waals surface area contributed by atoms with E-state index in [1.807, 2.05) is 44.4 Å². The molecule has 0 aliphatic heterocycles. The molecule has 2 aromatic heterocycles. The lowest BCUT2D eigenvalue weighted by atomic mass is 10.1. The predicted octanol–water partition coefficient (Wildman–Crippen LogP) is 8.90. The molecule has 5 rings (SSSR count). The highest BCUT2D eigenvalue weighted by atomic mass is 15.1. The van der Waals surface area contributed by atoms with Crippen LogP contribution < -0.4 is 4.90 Å². The minimum Gasteiger partial charge on any atom is -0.311 e. The molecule has 0 radical (unpaired) electrons. The van der Waals surface area contributed by atoms with Gasteiger partial charge in [0.05, 0.1) is 0 Å². The van der Waals surface area contributed by atoms with Crippen LogP contribution in [0.5, 0.6) is 0 Å². The van der Waals surface area contributed by atoms with Crippen LogP contribution in [0.25, 0.3) is 24.3 Å². The SMILES string of the molecule is Cc1cc(C=Cc2ccc(N(c3ccccc3)c3ccc(C=Cc4ccnc(C)c4)cc3)cc2)ccn1. The van der Waals surface area contributed by atoms with Crippen molar-refractivity contribution in [2.45, 2.75) is 13.8 Å². The molecule has 3 heteroatoms. The van der Waals surface area contributed by atoms with Gasteiger partial charge in [-0.15, -0.1) is 0 Å². The topological polar surface area (TPSA) is 29.0 Å². The first-order valence-corrected chi connectivity index (χ1v) is 12.4. The predicted molar refractivity (Wildman–Crippen MR) is 157 cm³/mol. The van der Waals surface area contributed by atoms with Crippen molar-refractivity contribution in [3.05, 3.63) is 149 Å². The monoisotopic (exact) mass is 479 g/mol. The van der Waals surface area contributed by atoms with Gasteiger partial charge in [-0.25, -0.2) is 0 Å². The molecule has 0 N–H and O–H groups in total. The molecular formula is C34H29N3. The van der Waals surface area contributed by atoms with Gasteiger partial charge in [-0.1, -0.05) is 66.8 Å². The molecule has 3 nitrogen and oxygen atoms in total. The number of hydrogen-bond acceptors (Lipinski definition) is 3. The van der Waals surface area contributed by atoms with E-state index in [4.69, 9.17) is 0 Å². The van der Waals surface area contributed by atoms with Gasteiger partial charge in [0.2, 0.25) is 0 Å². The van der Waals surface area contributed by atoms with Crippen molar-refractivity contribution in [1.29, 1.82) is 0 Å². The standard InChI is InChI=1S/C34H29N3/c1-26-24-30(20-22-35-26)10-8-28-12-16-33(17-13-28)37(32-6-4-3-5-7-32)34-18-14-29(15-19-34)9-11-31-21-23-36-27(2)25-31/h3-25H,1-2H3. The maximum absolute atomic E-state index is 4.27. The van der Waals surface area contributed by atoms with E-state index < -0.39 is 0 Å². The molecule has 2 heterocycles. The molecule has 0 saturated heterocycles. The largest absolute Gasteiger partial charge is 0.311 e. The van der Waals surface area contributed by atoms with Crippen molar-refractivity contribution >= 4 is 41.4 Å². The Balaban J connectivity index is 1.39. The Morgan fingerprint density at radius 2 is 0.865 bits per heavy atom. The lowest BCUT2D eigenvalue weighted by Gasteiger charge is -2.25. The molecule has 0 aliphatic carbocycles. The summed E-state index contributed by atoms with van der Waals surface area (Å²) in [7, 11) is 0. The van der Waals surface area contributed by atoms with Crippen molar-refractivity contribution in [3.8, 4) is 0 Å². The number of pyridine rings is 2. The van der Waals surface area contributed by atoms with Crippen molar-refractivity contribution in [3.63, 3.8) is 0 Å². The molecule has 0 saturated carbocycles. The zero-order valence-electron chi connectivity index (χ0n) is 21.1. The van der Waals surface area contributed by atoms with Crippen LogP contribution >= 0.6 is 0 Å². The van der Waals surface area contributed by atoms with Crippen LogP contribution in [-0.4, -0.2) is 9.97 Å². The van der Waals surface area contributed by atoms with Crippen LogP contribution in [0, 0.1) is 13.8 Å². The molecule has 0 spiro atoms. The van der Waals surface area contributed by atoms with E-state index in [2.05, 4.69) is 124 Å². The molecular weight excluding hydrogens is 450 g/mol. The first-order valence-electron chi connectivity index (χ1n) is 12.4. The Hall–Kier alpha value is -4.76. The van der Waals surface area contributed by atoms with Gasteiger partial charge in [-0.3, -0.25) is 9.97 Å². The number of rotatable bonds is 7. The zero-order chi connectivity index (χ0) is 25.5. The number of aryl methyl sites for hydroxylation is 2. The van der Waals surface area contributed by atoms with Crippen LogP contribution in [-0.2, 0) is 0 Å². The number of aromatic nitrogens is 2. The summed E-state index contributed by atoms with van der Waals surface area (Å²) in [5, 5.41) is 0. The number of nitrogens with zero attached hydrogens (tertiary/aromatic N) is 3. The van der Waals surface area contributed by atoms with Crippen LogP contribution in [0.15, 0.2) is 116 Å². The summed E-state index contributed by atoms with van der Waals surface area (Å²) in [6, 6.07) is 36.0. The minimum absolute atomic E-state index is 1.02. The molecule has 0 fully saturated rings. The summed E-state index contributed by atoms with van der Waals surface area (Å²) in [5.74, 6) is 0. The third kappa shape index (κ3) is 6.28. The zero-order valence-corrected chi connectivity index (χ0v) is 21.1. The summed E-state index contributed by atoms with van der Waals surface area (Å²) in [5.41, 5.74) is 9.98. The van der Waals surface area contributed by atoms with Gasteiger partial charge in [0.1, 0.15) is 0 Å². The Morgan fingerprint density at radius 1 is 0.459 bits per heavy atom.